The summed E-state index contributed by atoms with van der Waals surface area (Å²) in [5.74, 6) is -2.05. The number of hydrogen-bond acceptors (Lipinski definition) is 8. The van der Waals surface area contributed by atoms with E-state index < -0.39 is 29.5 Å². The Morgan fingerprint density at radius 1 is 1.02 bits per heavy atom. The summed E-state index contributed by atoms with van der Waals surface area (Å²) in [4.78, 5) is 45.6. The first kappa shape index (κ1) is 28.5. The molecule has 1 aliphatic rings. The van der Waals surface area contributed by atoms with Gasteiger partial charge in [-0.25, -0.2) is 9.78 Å². The first-order valence-electron chi connectivity index (χ1n) is 13.3. The van der Waals surface area contributed by atoms with Crippen LogP contribution in [0.1, 0.15) is 45.0 Å². The zero-order valence-corrected chi connectivity index (χ0v) is 23.8. The molecule has 3 aromatic carbocycles. The first-order valence-corrected chi connectivity index (χ1v) is 14.1. The number of allylic oxidation sites excluding steroid dienone is 1. The number of carbonyl (C=O) groups is 3. The Kier molecular flexibility index (Phi) is 8.59. The van der Waals surface area contributed by atoms with Crippen molar-refractivity contribution in [1.29, 1.82) is 0 Å². The van der Waals surface area contributed by atoms with E-state index >= 15 is 0 Å². The van der Waals surface area contributed by atoms with Crippen molar-refractivity contribution >= 4 is 40.2 Å². The van der Waals surface area contributed by atoms with Crippen LogP contribution in [-0.4, -0.2) is 34.4 Å². The molecule has 1 N–H and O–H groups in total. The summed E-state index contributed by atoms with van der Waals surface area (Å²) in [6.07, 6.45) is 2.95. The lowest BCUT2D eigenvalue weighted by molar-refractivity contribution is -0.117. The second kappa shape index (κ2) is 12.7. The van der Waals surface area contributed by atoms with Crippen LogP contribution in [0.15, 0.2) is 102 Å². The van der Waals surface area contributed by atoms with E-state index in [0.29, 0.717) is 23.6 Å². The third kappa shape index (κ3) is 6.01. The summed E-state index contributed by atoms with van der Waals surface area (Å²) in [5, 5.41) is 11.2. The number of esters is 1. The van der Waals surface area contributed by atoms with Gasteiger partial charge in [0.25, 0.3) is 5.91 Å². The molecule has 0 saturated carbocycles. The molecule has 1 atom stereocenters. The molecule has 0 fully saturated rings. The fraction of sp³-hybridized carbons (Fsp3) is 0.152. The van der Waals surface area contributed by atoms with Crippen LogP contribution in [0, 0.1) is 6.92 Å². The number of ketones is 1. The number of amides is 1. The summed E-state index contributed by atoms with van der Waals surface area (Å²) in [7, 11) is 0. The second-order valence-electron chi connectivity index (χ2n) is 9.43. The van der Waals surface area contributed by atoms with Gasteiger partial charge in [-0.15, -0.1) is 0 Å². The smallest absolute Gasteiger partial charge is 0.350 e. The minimum absolute atomic E-state index is 0.0991. The molecule has 42 heavy (non-hydrogen) atoms. The molecule has 0 radical (unpaired) electrons. The van der Waals surface area contributed by atoms with Crippen molar-refractivity contribution in [2.75, 3.05) is 11.5 Å². The predicted molar refractivity (Wildman–Crippen MR) is 160 cm³/mol. The van der Waals surface area contributed by atoms with E-state index in [-0.39, 0.29) is 22.2 Å². The van der Waals surface area contributed by atoms with Crippen molar-refractivity contribution in [1.82, 2.24) is 4.98 Å². The molecule has 2 heterocycles. The lowest BCUT2D eigenvalue weighted by atomic mass is 9.95. The summed E-state index contributed by atoms with van der Waals surface area (Å²) in [6, 6.07) is 24.9. The zero-order chi connectivity index (χ0) is 29.6. The Hall–Kier alpha value is -5.02. The van der Waals surface area contributed by atoms with E-state index in [1.165, 1.54) is 11.0 Å². The van der Waals surface area contributed by atoms with Gasteiger partial charge in [0.2, 0.25) is 0 Å². The third-order valence-corrected chi connectivity index (χ3v) is 7.71. The van der Waals surface area contributed by atoms with Gasteiger partial charge in [-0.2, -0.15) is 0 Å². The zero-order valence-electron chi connectivity index (χ0n) is 23.0. The molecular formula is C33H28N2O6S. The van der Waals surface area contributed by atoms with Gasteiger partial charge in [0.15, 0.2) is 16.7 Å². The highest BCUT2D eigenvalue weighted by Gasteiger charge is 2.45. The number of aliphatic hydroxyl groups excluding tert-OH is 1. The average Bonchev–Trinajstić information content (AvgIpc) is 3.52. The van der Waals surface area contributed by atoms with Crippen LogP contribution < -0.4 is 9.64 Å². The highest BCUT2D eigenvalue weighted by molar-refractivity contribution is 7.17. The number of rotatable bonds is 10. The number of benzene rings is 3. The number of ether oxygens (including phenoxy) is 2. The Balaban J connectivity index is 1.54. The van der Waals surface area contributed by atoms with Gasteiger partial charge in [-0.05, 0) is 48.7 Å². The first-order chi connectivity index (χ1) is 20.4. The fourth-order valence-electron chi connectivity index (χ4n) is 4.58. The largest absolute Gasteiger partial charge is 0.503 e. The summed E-state index contributed by atoms with van der Waals surface area (Å²) in [6.45, 7) is 3.84. The monoisotopic (exact) mass is 580 g/mol. The van der Waals surface area contributed by atoms with Crippen molar-refractivity contribution in [2.45, 2.75) is 26.5 Å². The molecule has 0 aliphatic carbocycles. The van der Waals surface area contributed by atoms with Crippen LogP contribution in [-0.2, 0) is 20.9 Å². The van der Waals surface area contributed by atoms with Crippen molar-refractivity contribution in [3.05, 3.63) is 130 Å². The van der Waals surface area contributed by atoms with Crippen LogP contribution in [0.2, 0.25) is 0 Å². The van der Waals surface area contributed by atoms with Crippen molar-refractivity contribution in [3.8, 4) is 5.75 Å². The minimum atomic E-state index is -1.02. The van der Waals surface area contributed by atoms with Crippen LogP contribution in [0.25, 0.3) is 6.08 Å². The molecule has 4 aromatic rings. The molecule has 1 amide bonds. The summed E-state index contributed by atoms with van der Waals surface area (Å²) in [5.41, 5.74) is 2.57. The Morgan fingerprint density at radius 3 is 2.45 bits per heavy atom. The van der Waals surface area contributed by atoms with Gasteiger partial charge in [0.1, 0.15) is 17.2 Å². The normalized spacial score (nSPS) is 15.0. The van der Waals surface area contributed by atoms with Crippen LogP contribution in [0.5, 0.6) is 5.75 Å². The number of nitrogens with zero attached hydrogens (tertiary/aromatic N) is 2. The lowest BCUT2D eigenvalue weighted by Gasteiger charge is -2.24. The number of aromatic nitrogens is 1. The van der Waals surface area contributed by atoms with E-state index in [0.717, 1.165) is 22.5 Å². The van der Waals surface area contributed by atoms with Gasteiger partial charge < -0.3 is 14.6 Å². The van der Waals surface area contributed by atoms with Crippen molar-refractivity contribution < 1.29 is 29.0 Å². The van der Waals surface area contributed by atoms with E-state index in [2.05, 4.69) is 4.98 Å². The van der Waals surface area contributed by atoms with Gasteiger partial charge in [0, 0.05) is 0 Å². The molecule has 0 spiro atoms. The topological polar surface area (TPSA) is 106 Å². The van der Waals surface area contributed by atoms with E-state index in [9.17, 15) is 19.5 Å². The predicted octanol–water partition coefficient (Wildman–Crippen LogP) is 6.39. The van der Waals surface area contributed by atoms with E-state index in [4.69, 9.17) is 9.47 Å². The maximum atomic E-state index is 13.6. The van der Waals surface area contributed by atoms with E-state index in [1.54, 1.807) is 44.2 Å². The molecule has 8 nitrogen and oxygen atoms in total. The molecule has 5 rings (SSSR count). The highest BCUT2D eigenvalue weighted by atomic mass is 32.1. The molecule has 212 valence electrons. The number of thiazole rings is 1. The number of aliphatic hydroxyl groups is 1. The summed E-state index contributed by atoms with van der Waals surface area (Å²) < 4.78 is 11.2. The van der Waals surface area contributed by atoms with E-state index in [1.807, 2.05) is 60.7 Å². The molecule has 0 bridgehead atoms. The van der Waals surface area contributed by atoms with Gasteiger partial charge >= 0.3 is 5.97 Å². The van der Waals surface area contributed by atoms with Crippen molar-refractivity contribution in [2.24, 2.45) is 0 Å². The number of aryl methyl sites for hydroxylation is 1. The number of hydrogen-bond donors (Lipinski definition) is 1. The van der Waals surface area contributed by atoms with Gasteiger partial charge in [-0.1, -0.05) is 90.2 Å². The molecule has 1 unspecified atom stereocenters. The van der Waals surface area contributed by atoms with Crippen LogP contribution in [0.4, 0.5) is 5.13 Å². The Morgan fingerprint density at radius 2 is 1.74 bits per heavy atom. The van der Waals surface area contributed by atoms with Crippen LogP contribution in [0.3, 0.4) is 0 Å². The second-order valence-corrected chi connectivity index (χ2v) is 10.4. The quantitative estimate of drug-likeness (QED) is 0.171. The molecule has 1 aromatic heterocycles. The number of anilines is 1. The lowest BCUT2D eigenvalue weighted by Crippen LogP contribution is -2.30. The number of carbonyl (C=O) groups excluding carboxylic acids is 3. The minimum Gasteiger partial charge on any atom is -0.503 e. The molecule has 9 heteroatoms. The Bertz CT molecular complexity index is 1680. The maximum absolute atomic E-state index is 13.6. The standard InChI is InChI=1S/C33H28N2O6S/c1-3-40-32(39)30-21(2)34-33(42-30)35-28(24-15-10-16-25(19-24)41-20-23-13-8-5-9-14-23)27(29(37)31(35)38)26(36)18-17-22-11-6-4-7-12-22/h4-19,28,37H,3,20H2,1-2H3/b18-17+. The maximum Gasteiger partial charge on any atom is 0.350 e. The average molecular weight is 581 g/mol. The van der Waals surface area contributed by atoms with Crippen LogP contribution >= 0.6 is 11.3 Å². The van der Waals surface area contributed by atoms with Gasteiger partial charge in [0.05, 0.1) is 23.9 Å². The molecular weight excluding hydrogens is 552 g/mol. The third-order valence-electron chi connectivity index (χ3n) is 6.57. The molecule has 0 saturated heterocycles. The molecule has 1 aliphatic heterocycles. The highest BCUT2D eigenvalue weighted by Crippen LogP contribution is 2.43. The Labute approximate surface area is 247 Å². The fourth-order valence-corrected chi connectivity index (χ4v) is 5.57. The SMILES string of the molecule is CCOC(=O)c1sc(N2C(=O)C(O)=C(C(=O)/C=C/c3ccccc3)C2c2cccc(OCc3ccccc3)c2)nc1C. The van der Waals surface area contributed by atoms with Crippen molar-refractivity contribution in [3.63, 3.8) is 0 Å². The van der Waals surface area contributed by atoms with Gasteiger partial charge in [-0.3, -0.25) is 14.5 Å². The summed E-state index contributed by atoms with van der Waals surface area (Å²) >= 11 is 0.966.